The number of amides is 1. The molecule has 0 saturated carbocycles. The highest BCUT2D eigenvalue weighted by Gasteiger charge is 2.43. The van der Waals surface area contributed by atoms with Gasteiger partial charge in [-0.05, 0) is 23.8 Å². The first-order valence-electron chi connectivity index (χ1n) is 8.17. The predicted molar refractivity (Wildman–Crippen MR) is 79.4 cm³/mol. The van der Waals surface area contributed by atoms with E-state index in [0.29, 0.717) is 12.1 Å². The molecule has 1 aromatic carbocycles. The first-order chi connectivity index (χ1) is 12.4. The lowest BCUT2D eigenvalue weighted by Gasteiger charge is -2.27. The number of halogens is 6. The van der Waals surface area contributed by atoms with Crippen molar-refractivity contribution in [1.29, 1.82) is 0 Å². The SMILES string of the molecule is O=C1CCC(=O)N2CC(OCc3cc(C(F)(F)F)cc(C(F)(F)F)c3)CC12. The van der Waals surface area contributed by atoms with Crippen molar-refractivity contribution in [2.24, 2.45) is 0 Å². The molecule has 0 aliphatic carbocycles. The van der Waals surface area contributed by atoms with Gasteiger partial charge in [0.25, 0.3) is 0 Å². The quantitative estimate of drug-likeness (QED) is 0.736. The van der Waals surface area contributed by atoms with Crippen molar-refractivity contribution in [3.63, 3.8) is 0 Å². The Morgan fingerprint density at radius 2 is 1.56 bits per heavy atom. The summed E-state index contributed by atoms with van der Waals surface area (Å²) < 4.78 is 82.7. The van der Waals surface area contributed by atoms with Crippen LogP contribution in [-0.4, -0.2) is 35.3 Å². The summed E-state index contributed by atoms with van der Waals surface area (Å²) in [5.41, 5.74) is -3.10. The average molecular weight is 395 g/mol. The van der Waals surface area contributed by atoms with Crippen LogP contribution in [0.15, 0.2) is 18.2 Å². The highest BCUT2D eigenvalue weighted by atomic mass is 19.4. The van der Waals surface area contributed by atoms with Crippen LogP contribution in [0.4, 0.5) is 26.3 Å². The second-order valence-corrected chi connectivity index (χ2v) is 6.61. The van der Waals surface area contributed by atoms with E-state index in [0.717, 1.165) is 0 Å². The maximum absolute atomic E-state index is 12.9. The van der Waals surface area contributed by atoms with Gasteiger partial charge in [0, 0.05) is 25.8 Å². The van der Waals surface area contributed by atoms with Gasteiger partial charge >= 0.3 is 12.4 Å². The molecule has 10 heteroatoms. The Labute approximate surface area is 150 Å². The highest BCUT2D eigenvalue weighted by Crippen LogP contribution is 2.36. The maximum Gasteiger partial charge on any atom is 0.416 e. The standard InChI is InChI=1S/C17H15F6NO3/c18-16(19,20)10-3-9(4-11(5-10)17(21,22)23)8-27-12-6-13-14(25)1-2-15(26)24(13)7-12/h3-5,12-13H,1-2,6-8H2. The van der Waals surface area contributed by atoms with E-state index < -0.39 is 42.2 Å². The molecule has 2 fully saturated rings. The average Bonchev–Trinajstić information content (AvgIpc) is 3.00. The molecule has 0 radical (unpaired) electrons. The van der Waals surface area contributed by atoms with Crippen molar-refractivity contribution in [3.05, 3.63) is 34.9 Å². The lowest BCUT2D eigenvalue weighted by molar-refractivity contribution is -0.143. The van der Waals surface area contributed by atoms with Gasteiger partial charge in [0.05, 0.1) is 29.9 Å². The number of rotatable bonds is 3. The maximum atomic E-state index is 12.9. The van der Waals surface area contributed by atoms with E-state index in [1.807, 2.05) is 0 Å². The van der Waals surface area contributed by atoms with E-state index in [2.05, 4.69) is 0 Å². The number of benzene rings is 1. The second kappa shape index (κ2) is 6.81. The molecule has 3 rings (SSSR count). The van der Waals surface area contributed by atoms with Gasteiger partial charge in [-0.3, -0.25) is 9.59 Å². The van der Waals surface area contributed by atoms with Crippen LogP contribution < -0.4 is 0 Å². The van der Waals surface area contributed by atoms with Crippen LogP contribution in [0.3, 0.4) is 0 Å². The zero-order chi connectivity index (χ0) is 20.0. The van der Waals surface area contributed by atoms with Crippen molar-refractivity contribution in [3.8, 4) is 0 Å². The highest BCUT2D eigenvalue weighted by molar-refractivity contribution is 5.95. The van der Waals surface area contributed by atoms with Gasteiger partial charge in [0.1, 0.15) is 0 Å². The number of nitrogens with zero attached hydrogens (tertiary/aromatic N) is 1. The third-order valence-electron chi connectivity index (χ3n) is 4.67. The minimum atomic E-state index is -4.93. The van der Waals surface area contributed by atoms with Crippen LogP contribution >= 0.6 is 0 Å². The van der Waals surface area contributed by atoms with Crippen LogP contribution in [0.25, 0.3) is 0 Å². The van der Waals surface area contributed by atoms with Gasteiger partial charge in [-0.2, -0.15) is 26.3 Å². The molecule has 1 aromatic rings. The first kappa shape index (κ1) is 19.7. The smallest absolute Gasteiger partial charge is 0.372 e. The lowest BCUT2D eigenvalue weighted by atomic mass is 10.0. The molecule has 2 saturated heterocycles. The molecular formula is C17H15F6NO3. The largest absolute Gasteiger partial charge is 0.416 e. The van der Waals surface area contributed by atoms with Gasteiger partial charge in [-0.25, -0.2) is 0 Å². The molecule has 2 heterocycles. The lowest BCUT2D eigenvalue weighted by Crippen LogP contribution is -2.44. The number of piperidine rings is 1. The molecule has 0 spiro atoms. The molecule has 2 aliphatic rings. The Bertz CT molecular complexity index is 702. The molecule has 1 amide bonds. The molecule has 27 heavy (non-hydrogen) atoms. The van der Waals surface area contributed by atoms with E-state index in [9.17, 15) is 35.9 Å². The fourth-order valence-electron chi connectivity index (χ4n) is 3.36. The number of alkyl halides is 6. The number of hydrogen-bond donors (Lipinski definition) is 0. The third-order valence-corrected chi connectivity index (χ3v) is 4.67. The second-order valence-electron chi connectivity index (χ2n) is 6.61. The van der Waals surface area contributed by atoms with Gasteiger partial charge in [-0.1, -0.05) is 0 Å². The van der Waals surface area contributed by atoms with Gasteiger partial charge in [0.15, 0.2) is 5.78 Å². The number of hydrogen-bond acceptors (Lipinski definition) is 3. The number of fused-ring (bicyclic) bond motifs is 1. The number of ether oxygens (including phenoxy) is 1. The molecule has 0 aromatic heterocycles. The van der Waals surface area contributed by atoms with Crippen molar-refractivity contribution in [2.75, 3.05) is 6.54 Å². The first-order valence-corrected chi connectivity index (χ1v) is 8.17. The summed E-state index contributed by atoms with van der Waals surface area (Å²) in [6, 6.07) is 0.640. The summed E-state index contributed by atoms with van der Waals surface area (Å²) >= 11 is 0. The normalized spacial score (nSPS) is 23.7. The Morgan fingerprint density at radius 1 is 0.963 bits per heavy atom. The fourth-order valence-corrected chi connectivity index (χ4v) is 3.36. The summed E-state index contributed by atoms with van der Waals surface area (Å²) in [4.78, 5) is 25.0. The molecule has 0 N–H and O–H groups in total. The van der Waals surface area contributed by atoms with Crippen molar-refractivity contribution in [2.45, 2.75) is 50.4 Å². The third kappa shape index (κ3) is 4.26. The van der Waals surface area contributed by atoms with Crippen molar-refractivity contribution < 1.29 is 40.7 Å². The molecule has 148 valence electrons. The summed E-state index contributed by atoms with van der Waals surface area (Å²) in [6.45, 7) is -0.388. The summed E-state index contributed by atoms with van der Waals surface area (Å²) in [5, 5.41) is 0. The topological polar surface area (TPSA) is 46.6 Å². The molecule has 2 atom stereocenters. The monoisotopic (exact) mass is 395 g/mol. The van der Waals surface area contributed by atoms with Crippen molar-refractivity contribution in [1.82, 2.24) is 4.90 Å². The van der Waals surface area contributed by atoms with E-state index in [-0.39, 0.29) is 49.1 Å². The predicted octanol–water partition coefficient (Wildman–Crippen LogP) is 3.57. The Morgan fingerprint density at radius 3 is 2.07 bits per heavy atom. The van der Waals surface area contributed by atoms with Crippen molar-refractivity contribution >= 4 is 11.7 Å². The van der Waals surface area contributed by atoms with Gasteiger partial charge in [-0.15, -0.1) is 0 Å². The zero-order valence-electron chi connectivity index (χ0n) is 13.9. The van der Waals surface area contributed by atoms with E-state index in [4.69, 9.17) is 4.74 Å². The Kier molecular flexibility index (Phi) is 4.96. The van der Waals surface area contributed by atoms with E-state index >= 15 is 0 Å². The minimum absolute atomic E-state index is 0.0522. The number of Topliss-reactive ketones (excluding diaryl/α,β-unsaturated/α-hetero) is 1. The summed E-state index contributed by atoms with van der Waals surface area (Å²) in [7, 11) is 0. The van der Waals surface area contributed by atoms with Crippen LogP contribution in [0.5, 0.6) is 0 Å². The van der Waals surface area contributed by atoms with Gasteiger partial charge < -0.3 is 9.64 Å². The van der Waals surface area contributed by atoms with Crippen LogP contribution in [0.1, 0.15) is 36.0 Å². The Hall–Kier alpha value is -2.10. The molecule has 2 aliphatic heterocycles. The number of carbonyl (C=O) groups excluding carboxylic acids is 2. The number of carbonyl (C=O) groups is 2. The Balaban J connectivity index is 1.74. The zero-order valence-corrected chi connectivity index (χ0v) is 13.9. The molecule has 2 unspecified atom stereocenters. The van der Waals surface area contributed by atoms with Crippen LogP contribution in [-0.2, 0) is 33.3 Å². The fraction of sp³-hybridized carbons (Fsp3) is 0.529. The summed E-state index contributed by atoms with van der Waals surface area (Å²) in [6.07, 6.45) is -10.0. The van der Waals surface area contributed by atoms with E-state index in [1.54, 1.807) is 0 Å². The molecule has 4 nitrogen and oxygen atoms in total. The molecule has 0 bridgehead atoms. The number of ketones is 1. The van der Waals surface area contributed by atoms with Crippen LogP contribution in [0.2, 0.25) is 0 Å². The van der Waals surface area contributed by atoms with E-state index in [1.165, 1.54) is 4.90 Å². The van der Waals surface area contributed by atoms with Gasteiger partial charge in [0.2, 0.25) is 5.91 Å². The summed E-state index contributed by atoms with van der Waals surface area (Å²) in [5.74, 6) is -0.316. The minimum Gasteiger partial charge on any atom is -0.372 e. The molecular weight excluding hydrogens is 380 g/mol. The van der Waals surface area contributed by atoms with Crippen LogP contribution in [0, 0.1) is 0 Å².